The van der Waals surface area contributed by atoms with Crippen molar-refractivity contribution >= 4 is 23.5 Å². The first-order chi connectivity index (χ1) is 14.3. The first kappa shape index (κ1) is 21.1. The van der Waals surface area contributed by atoms with Crippen molar-refractivity contribution in [2.24, 2.45) is 0 Å². The average Bonchev–Trinajstić information content (AvgIpc) is 3.14. The minimum absolute atomic E-state index is 0.0978. The minimum Gasteiger partial charge on any atom is -0.453 e. The number of aromatic nitrogens is 2. The fourth-order valence-electron chi connectivity index (χ4n) is 2.94. The molecule has 1 heterocycles. The fraction of sp³-hybridized carbons (Fsp3) is 0.261. The summed E-state index contributed by atoms with van der Waals surface area (Å²) in [4.78, 5) is 24.1. The van der Waals surface area contributed by atoms with Crippen LogP contribution in [0.5, 0.6) is 0 Å². The summed E-state index contributed by atoms with van der Waals surface area (Å²) in [5.41, 5.74) is 3.33. The highest BCUT2D eigenvalue weighted by Crippen LogP contribution is 2.23. The van der Waals surface area contributed by atoms with Gasteiger partial charge in [-0.3, -0.25) is 10.1 Å². The number of nitrogens with one attached hydrogen (secondary N) is 2. The lowest BCUT2D eigenvalue weighted by Gasteiger charge is -2.19. The highest BCUT2D eigenvalue weighted by atomic mass is 16.5. The number of rotatable bonds is 5. The second kappa shape index (κ2) is 8.82. The van der Waals surface area contributed by atoms with Gasteiger partial charge in [0.1, 0.15) is 5.82 Å². The topological polar surface area (TPSA) is 85.2 Å². The lowest BCUT2D eigenvalue weighted by Crippen LogP contribution is -2.17. The number of benzene rings is 2. The van der Waals surface area contributed by atoms with Crippen LogP contribution in [-0.4, -0.2) is 28.9 Å². The quantitative estimate of drug-likeness (QED) is 0.645. The highest BCUT2D eigenvalue weighted by molar-refractivity contribution is 6.04. The van der Waals surface area contributed by atoms with Crippen molar-refractivity contribution in [3.05, 3.63) is 77.5 Å². The Morgan fingerprint density at radius 2 is 1.77 bits per heavy atom. The number of ether oxygens (including phenoxy) is 1. The van der Waals surface area contributed by atoms with E-state index in [0.717, 1.165) is 5.56 Å². The SMILES string of the molecule is COC(=O)Nc1cccc(C(=O)Nc2ccnn2Cc2ccc(C(C)(C)C)cc2)c1. The van der Waals surface area contributed by atoms with Crippen LogP contribution in [0.25, 0.3) is 0 Å². The van der Waals surface area contributed by atoms with Gasteiger partial charge in [-0.15, -0.1) is 0 Å². The Morgan fingerprint density at radius 3 is 2.43 bits per heavy atom. The van der Waals surface area contributed by atoms with Crippen LogP contribution < -0.4 is 10.6 Å². The Bertz CT molecular complexity index is 1030. The van der Waals surface area contributed by atoms with E-state index in [1.165, 1.54) is 12.7 Å². The molecule has 3 rings (SSSR count). The van der Waals surface area contributed by atoms with Gasteiger partial charge in [0.15, 0.2) is 0 Å². The van der Waals surface area contributed by atoms with E-state index >= 15 is 0 Å². The summed E-state index contributed by atoms with van der Waals surface area (Å²) in [7, 11) is 1.28. The van der Waals surface area contributed by atoms with Crippen molar-refractivity contribution in [3.8, 4) is 0 Å². The molecule has 0 bridgehead atoms. The van der Waals surface area contributed by atoms with Crippen molar-refractivity contribution in [3.63, 3.8) is 0 Å². The van der Waals surface area contributed by atoms with E-state index in [4.69, 9.17) is 0 Å². The van der Waals surface area contributed by atoms with Crippen molar-refractivity contribution in [1.29, 1.82) is 0 Å². The molecule has 0 unspecified atom stereocenters. The zero-order valence-electron chi connectivity index (χ0n) is 17.6. The molecule has 0 saturated heterocycles. The Balaban J connectivity index is 1.70. The third kappa shape index (κ3) is 5.26. The van der Waals surface area contributed by atoms with Gasteiger partial charge in [0.25, 0.3) is 5.91 Å². The minimum atomic E-state index is -0.594. The molecule has 0 saturated carbocycles. The molecule has 0 fully saturated rings. The predicted molar refractivity (Wildman–Crippen MR) is 117 cm³/mol. The van der Waals surface area contributed by atoms with E-state index in [0.29, 0.717) is 23.6 Å². The molecule has 2 N–H and O–H groups in total. The lowest BCUT2D eigenvalue weighted by molar-refractivity contribution is 0.102. The molecular weight excluding hydrogens is 380 g/mol. The average molecular weight is 406 g/mol. The van der Waals surface area contributed by atoms with Gasteiger partial charge in [0.2, 0.25) is 0 Å². The van der Waals surface area contributed by atoms with Gasteiger partial charge in [0.05, 0.1) is 19.9 Å². The van der Waals surface area contributed by atoms with E-state index in [1.54, 1.807) is 41.2 Å². The first-order valence-corrected chi connectivity index (χ1v) is 9.64. The third-order valence-corrected chi connectivity index (χ3v) is 4.67. The smallest absolute Gasteiger partial charge is 0.411 e. The third-order valence-electron chi connectivity index (χ3n) is 4.67. The molecule has 0 aliphatic carbocycles. The summed E-state index contributed by atoms with van der Waals surface area (Å²) in [6, 6.07) is 16.8. The molecule has 0 atom stereocenters. The Morgan fingerprint density at radius 1 is 1.03 bits per heavy atom. The van der Waals surface area contributed by atoms with E-state index < -0.39 is 6.09 Å². The maximum Gasteiger partial charge on any atom is 0.411 e. The second-order valence-electron chi connectivity index (χ2n) is 7.97. The molecule has 7 heteroatoms. The van der Waals surface area contributed by atoms with Crippen LogP contribution in [0.2, 0.25) is 0 Å². The molecule has 2 amide bonds. The fourth-order valence-corrected chi connectivity index (χ4v) is 2.94. The van der Waals surface area contributed by atoms with Crippen molar-refractivity contribution in [1.82, 2.24) is 9.78 Å². The second-order valence-corrected chi connectivity index (χ2v) is 7.97. The van der Waals surface area contributed by atoms with Crippen LogP contribution in [0.4, 0.5) is 16.3 Å². The number of carbonyl (C=O) groups is 2. The number of hydrogen-bond donors (Lipinski definition) is 2. The van der Waals surface area contributed by atoms with E-state index in [-0.39, 0.29) is 11.3 Å². The van der Waals surface area contributed by atoms with Gasteiger partial charge >= 0.3 is 6.09 Å². The summed E-state index contributed by atoms with van der Waals surface area (Å²) < 4.78 is 6.31. The van der Waals surface area contributed by atoms with E-state index in [2.05, 4.69) is 65.5 Å². The Kier molecular flexibility index (Phi) is 6.20. The molecule has 1 aromatic heterocycles. The number of amides is 2. The van der Waals surface area contributed by atoms with E-state index in [9.17, 15) is 9.59 Å². The molecule has 7 nitrogen and oxygen atoms in total. The summed E-state index contributed by atoms with van der Waals surface area (Å²) >= 11 is 0. The molecular formula is C23H26N4O3. The van der Waals surface area contributed by atoms with Gasteiger partial charge in [-0.05, 0) is 34.7 Å². The molecule has 2 aromatic carbocycles. The maximum atomic E-state index is 12.7. The first-order valence-electron chi connectivity index (χ1n) is 9.64. The summed E-state index contributed by atoms with van der Waals surface area (Å²) in [6.07, 6.45) is 1.05. The molecule has 0 aliphatic rings. The predicted octanol–water partition coefficient (Wildman–Crippen LogP) is 4.66. The van der Waals surface area contributed by atoms with Crippen LogP contribution in [0, 0.1) is 0 Å². The van der Waals surface area contributed by atoms with Gasteiger partial charge in [-0.2, -0.15) is 5.10 Å². The van der Waals surface area contributed by atoms with Crippen molar-refractivity contribution in [2.45, 2.75) is 32.7 Å². The standard InChI is InChI=1S/C23H26N4O3/c1-23(2,3)18-10-8-16(9-11-18)15-27-20(12-13-24-27)26-21(28)17-6-5-7-19(14-17)25-22(29)30-4/h5-14H,15H2,1-4H3,(H,25,29)(H,26,28). The monoisotopic (exact) mass is 406 g/mol. The summed E-state index contributed by atoms with van der Waals surface area (Å²) in [6.45, 7) is 7.08. The Hall–Kier alpha value is -3.61. The summed E-state index contributed by atoms with van der Waals surface area (Å²) in [5, 5.41) is 9.75. The van der Waals surface area contributed by atoms with Gasteiger partial charge in [-0.25, -0.2) is 9.48 Å². The zero-order chi connectivity index (χ0) is 21.7. The van der Waals surface area contributed by atoms with Crippen LogP contribution in [0.15, 0.2) is 60.8 Å². The number of methoxy groups -OCH3 is 1. The van der Waals surface area contributed by atoms with Crippen molar-refractivity contribution < 1.29 is 14.3 Å². The highest BCUT2D eigenvalue weighted by Gasteiger charge is 2.14. The van der Waals surface area contributed by atoms with Crippen LogP contribution in [0.3, 0.4) is 0 Å². The molecule has 0 radical (unpaired) electrons. The van der Waals surface area contributed by atoms with Crippen LogP contribution >= 0.6 is 0 Å². The van der Waals surface area contributed by atoms with Crippen LogP contribution in [-0.2, 0) is 16.7 Å². The number of carbonyl (C=O) groups excluding carboxylic acids is 2. The van der Waals surface area contributed by atoms with Gasteiger partial charge in [-0.1, -0.05) is 51.1 Å². The molecule has 3 aromatic rings. The summed E-state index contributed by atoms with van der Waals surface area (Å²) in [5.74, 6) is 0.291. The zero-order valence-corrected chi connectivity index (χ0v) is 17.6. The largest absolute Gasteiger partial charge is 0.453 e. The number of hydrogen-bond acceptors (Lipinski definition) is 4. The van der Waals surface area contributed by atoms with Gasteiger partial charge < -0.3 is 10.1 Å². The lowest BCUT2D eigenvalue weighted by atomic mass is 9.87. The molecule has 30 heavy (non-hydrogen) atoms. The Labute approximate surface area is 176 Å². The number of anilines is 2. The van der Waals surface area contributed by atoms with Crippen LogP contribution in [0.1, 0.15) is 42.3 Å². The molecule has 0 aliphatic heterocycles. The number of nitrogens with zero attached hydrogens (tertiary/aromatic N) is 2. The molecule has 156 valence electrons. The maximum absolute atomic E-state index is 12.7. The molecule has 0 spiro atoms. The normalized spacial score (nSPS) is 11.1. The van der Waals surface area contributed by atoms with E-state index in [1.807, 2.05) is 0 Å². The van der Waals surface area contributed by atoms with Gasteiger partial charge in [0, 0.05) is 17.3 Å². The van der Waals surface area contributed by atoms with Crippen molar-refractivity contribution in [2.75, 3.05) is 17.7 Å².